The van der Waals surface area contributed by atoms with Crippen LogP contribution in [0.1, 0.15) is 5.69 Å². The van der Waals surface area contributed by atoms with Crippen molar-refractivity contribution in [1.29, 1.82) is 0 Å². The van der Waals surface area contributed by atoms with Crippen molar-refractivity contribution >= 4 is 28.3 Å². The summed E-state index contributed by atoms with van der Waals surface area (Å²) in [5, 5.41) is 3.45. The van der Waals surface area contributed by atoms with Crippen LogP contribution in [0.25, 0.3) is 5.69 Å². The topological polar surface area (TPSA) is 43.8 Å². The first-order valence-electron chi connectivity index (χ1n) is 4.56. The van der Waals surface area contributed by atoms with Gasteiger partial charge in [0.05, 0.1) is 11.4 Å². The van der Waals surface area contributed by atoms with Crippen LogP contribution in [0.2, 0.25) is 0 Å². The average Bonchev–Trinajstić information content (AvgIpc) is 2.65. The summed E-state index contributed by atoms with van der Waals surface area (Å²) < 4.78 is 39.1. The highest BCUT2D eigenvalue weighted by atomic mass is 127. The second kappa shape index (κ2) is 4.21. The van der Waals surface area contributed by atoms with E-state index in [1.54, 1.807) is 18.2 Å². The van der Waals surface area contributed by atoms with E-state index in [0.29, 0.717) is 11.4 Å². The lowest BCUT2D eigenvalue weighted by atomic mass is 10.3. The van der Waals surface area contributed by atoms with Crippen LogP contribution >= 0.6 is 22.6 Å². The fraction of sp³-hybridized carbons (Fsp3) is 0.100. The molecule has 1 aromatic heterocycles. The first-order chi connectivity index (χ1) is 7.88. The number of nitrogens with two attached hydrogens (primary N) is 1. The Morgan fingerprint density at radius 1 is 1.24 bits per heavy atom. The van der Waals surface area contributed by atoms with Crippen molar-refractivity contribution < 1.29 is 13.2 Å². The van der Waals surface area contributed by atoms with Gasteiger partial charge in [0.1, 0.15) is 0 Å². The fourth-order valence-corrected chi connectivity index (χ4v) is 1.86. The fourth-order valence-electron chi connectivity index (χ4n) is 1.34. The van der Waals surface area contributed by atoms with Crippen molar-refractivity contribution in [1.82, 2.24) is 9.78 Å². The molecule has 0 aliphatic heterocycles. The summed E-state index contributed by atoms with van der Waals surface area (Å²) in [6, 6.07) is 5.97. The molecule has 3 nitrogen and oxygen atoms in total. The molecule has 0 spiro atoms. The van der Waals surface area contributed by atoms with E-state index < -0.39 is 11.9 Å². The predicted molar refractivity (Wildman–Crippen MR) is 65.7 cm³/mol. The van der Waals surface area contributed by atoms with E-state index >= 15 is 0 Å². The lowest BCUT2D eigenvalue weighted by molar-refractivity contribution is -0.141. The molecule has 90 valence electrons. The average molecular weight is 353 g/mol. The molecule has 0 aliphatic rings. The third-order valence-electron chi connectivity index (χ3n) is 2.12. The van der Waals surface area contributed by atoms with Crippen molar-refractivity contribution in [3.8, 4) is 5.69 Å². The van der Waals surface area contributed by atoms with E-state index in [1.165, 1.54) is 6.20 Å². The molecule has 2 rings (SSSR count). The first-order valence-corrected chi connectivity index (χ1v) is 5.64. The molecule has 2 N–H and O–H groups in total. The molecule has 0 bridgehead atoms. The highest BCUT2D eigenvalue weighted by Gasteiger charge is 2.33. The number of rotatable bonds is 1. The third kappa shape index (κ3) is 2.54. The number of hydrogen-bond acceptors (Lipinski definition) is 2. The molecule has 0 fully saturated rings. The number of hydrogen-bond donors (Lipinski definition) is 1. The summed E-state index contributed by atoms with van der Waals surface area (Å²) in [7, 11) is 0. The van der Waals surface area contributed by atoms with E-state index in [2.05, 4.69) is 27.7 Å². The van der Waals surface area contributed by atoms with Gasteiger partial charge in [-0.05, 0) is 46.9 Å². The minimum atomic E-state index is -4.44. The van der Waals surface area contributed by atoms with Gasteiger partial charge in [-0.3, -0.25) is 0 Å². The van der Waals surface area contributed by atoms with E-state index in [-0.39, 0.29) is 0 Å². The van der Waals surface area contributed by atoms with Gasteiger partial charge in [-0.2, -0.15) is 18.3 Å². The Labute approximate surface area is 109 Å². The van der Waals surface area contributed by atoms with Gasteiger partial charge in [0.15, 0.2) is 5.69 Å². The van der Waals surface area contributed by atoms with E-state index in [4.69, 9.17) is 5.73 Å². The zero-order valence-electron chi connectivity index (χ0n) is 8.37. The standard InChI is InChI=1S/C10H7F3IN3/c11-10(12,13)9-3-4-17(16-9)8-2-1-6(14)5-7(8)15/h1-5H,15H2. The maximum atomic E-state index is 12.4. The molecule has 1 heterocycles. The number of nitrogen functional groups attached to an aromatic ring is 1. The highest BCUT2D eigenvalue weighted by Crippen LogP contribution is 2.28. The van der Waals surface area contributed by atoms with Gasteiger partial charge in [-0.15, -0.1) is 0 Å². The summed E-state index contributed by atoms with van der Waals surface area (Å²) in [4.78, 5) is 0. The van der Waals surface area contributed by atoms with Gasteiger partial charge in [-0.25, -0.2) is 4.68 Å². The quantitative estimate of drug-likeness (QED) is 0.633. The Morgan fingerprint density at radius 2 is 1.94 bits per heavy atom. The van der Waals surface area contributed by atoms with Crippen molar-refractivity contribution in [3.05, 3.63) is 39.7 Å². The van der Waals surface area contributed by atoms with Crippen molar-refractivity contribution in [2.45, 2.75) is 6.18 Å². The van der Waals surface area contributed by atoms with Crippen LogP contribution in [0.3, 0.4) is 0 Å². The summed E-state index contributed by atoms with van der Waals surface area (Å²) >= 11 is 2.07. The first kappa shape index (κ1) is 12.2. The van der Waals surface area contributed by atoms with Crippen LogP contribution < -0.4 is 5.73 Å². The van der Waals surface area contributed by atoms with Gasteiger partial charge in [0.2, 0.25) is 0 Å². The maximum Gasteiger partial charge on any atom is 0.435 e. The maximum absolute atomic E-state index is 12.4. The van der Waals surface area contributed by atoms with E-state index in [1.807, 2.05) is 0 Å². The van der Waals surface area contributed by atoms with Gasteiger partial charge >= 0.3 is 6.18 Å². The molecule has 0 amide bonds. The molecular formula is C10H7F3IN3. The van der Waals surface area contributed by atoms with Crippen molar-refractivity contribution in [2.24, 2.45) is 0 Å². The van der Waals surface area contributed by atoms with Crippen LogP contribution in [0.15, 0.2) is 30.5 Å². The number of benzene rings is 1. The monoisotopic (exact) mass is 353 g/mol. The lowest BCUT2D eigenvalue weighted by Crippen LogP contribution is -2.08. The number of nitrogens with zero attached hydrogens (tertiary/aromatic N) is 2. The number of halogens is 4. The Kier molecular flexibility index (Phi) is 3.02. The lowest BCUT2D eigenvalue weighted by Gasteiger charge is -2.06. The number of aromatic nitrogens is 2. The van der Waals surface area contributed by atoms with Crippen LogP contribution in [0.5, 0.6) is 0 Å². The molecular weight excluding hydrogens is 346 g/mol. The highest BCUT2D eigenvalue weighted by molar-refractivity contribution is 14.1. The Hall–Kier alpha value is -1.25. The molecule has 17 heavy (non-hydrogen) atoms. The van der Waals surface area contributed by atoms with Gasteiger partial charge in [-0.1, -0.05) is 0 Å². The van der Waals surface area contributed by atoms with E-state index in [0.717, 1.165) is 14.3 Å². The summed E-state index contributed by atoms with van der Waals surface area (Å²) in [5.74, 6) is 0. The minimum absolute atomic E-state index is 0.383. The molecule has 0 saturated carbocycles. The molecule has 0 radical (unpaired) electrons. The smallest absolute Gasteiger partial charge is 0.397 e. The van der Waals surface area contributed by atoms with Crippen LogP contribution in [0, 0.1) is 3.57 Å². The summed E-state index contributed by atoms with van der Waals surface area (Å²) in [5.41, 5.74) is 5.60. The second-order valence-corrected chi connectivity index (χ2v) is 4.59. The normalized spacial score (nSPS) is 11.8. The second-order valence-electron chi connectivity index (χ2n) is 3.35. The van der Waals surface area contributed by atoms with Crippen LogP contribution in [-0.4, -0.2) is 9.78 Å². The zero-order chi connectivity index (χ0) is 12.6. The van der Waals surface area contributed by atoms with Gasteiger partial charge < -0.3 is 5.73 Å². The molecule has 0 aliphatic carbocycles. The molecule has 2 aromatic rings. The van der Waals surface area contributed by atoms with E-state index in [9.17, 15) is 13.2 Å². The molecule has 0 atom stereocenters. The van der Waals surface area contributed by atoms with Crippen molar-refractivity contribution in [3.63, 3.8) is 0 Å². The predicted octanol–water partition coefficient (Wildman–Crippen LogP) is 3.08. The van der Waals surface area contributed by atoms with Crippen LogP contribution in [-0.2, 0) is 6.18 Å². The molecule has 0 unspecified atom stereocenters. The van der Waals surface area contributed by atoms with Crippen LogP contribution in [0.4, 0.5) is 18.9 Å². The van der Waals surface area contributed by atoms with Crippen molar-refractivity contribution in [2.75, 3.05) is 5.73 Å². The summed E-state index contributed by atoms with van der Waals surface area (Å²) in [6.45, 7) is 0. The number of anilines is 1. The molecule has 7 heteroatoms. The van der Waals surface area contributed by atoms with Gasteiger partial charge in [0, 0.05) is 9.77 Å². The molecule has 0 saturated heterocycles. The zero-order valence-corrected chi connectivity index (χ0v) is 10.5. The van der Waals surface area contributed by atoms with Gasteiger partial charge in [0.25, 0.3) is 0 Å². The Morgan fingerprint density at radius 3 is 2.47 bits per heavy atom. The Balaban J connectivity index is 2.44. The molecule has 1 aromatic carbocycles. The minimum Gasteiger partial charge on any atom is -0.397 e. The summed E-state index contributed by atoms with van der Waals surface area (Å²) in [6.07, 6.45) is -3.20. The number of alkyl halides is 3. The SMILES string of the molecule is Nc1cc(I)ccc1-n1ccc(C(F)(F)F)n1. The Bertz CT molecular complexity index is 548. The third-order valence-corrected chi connectivity index (χ3v) is 2.79. The largest absolute Gasteiger partial charge is 0.435 e.